The third-order valence-corrected chi connectivity index (χ3v) is 3.82. The van der Waals surface area contributed by atoms with Gasteiger partial charge in [-0.15, -0.1) is 0 Å². The Hall–Kier alpha value is -2.40. The van der Waals surface area contributed by atoms with Crippen molar-refractivity contribution in [2.75, 3.05) is 0 Å². The SMILES string of the molecule is O=C(O)c1cc(-c2cccc(O)c2)nc2cccc(Br)c12. The molecular weight excluding hydrogens is 334 g/mol. The van der Waals surface area contributed by atoms with Crippen LogP contribution in [-0.4, -0.2) is 21.2 Å². The second-order valence-corrected chi connectivity index (χ2v) is 5.40. The van der Waals surface area contributed by atoms with Gasteiger partial charge < -0.3 is 10.2 Å². The minimum Gasteiger partial charge on any atom is -0.508 e. The van der Waals surface area contributed by atoms with Gasteiger partial charge in [0.05, 0.1) is 16.8 Å². The average Bonchev–Trinajstić information content (AvgIpc) is 2.46. The van der Waals surface area contributed by atoms with Gasteiger partial charge in [-0.1, -0.05) is 34.1 Å². The maximum absolute atomic E-state index is 11.5. The van der Waals surface area contributed by atoms with Gasteiger partial charge >= 0.3 is 5.97 Å². The van der Waals surface area contributed by atoms with Gasteiger partial charge in [0.1, 0.15) is 5.75 Å². The van der Waals surface area contributed by atoms with Crippen LogP contribution in [-0.2, 0) is 0 Å². The van der Waals surface area contributed by atoms with Crippen LogP contribution in [0.5, 0.6) is 5.75 Å². The van der Waals surface area contributed by atoms with E-state index in [2.05, 4.69) is 20.9 Å². The molecule has 2 N–H and O–H groups in total. The van der Waals surface area contributed by atoms with Crippen LogP contribution < -0.4 is 0 Å². The first kappa shape index (κ1) is 13.6. The van der Waals surface area contributed by atoms with Crippen molar-refractivity contribution in [3.05, 3.63) is 58.6 Å². The molecule has 0 saturated carbocycles. The highest BCUT2D eigenvalue weighted by Gasteiger charge is 2.15. The third kappa shape index (κ3) is 2.48. The van der Waals surface area contributed by atoms with Crippen LogP contribution in [0.15, 0.2) is 53.0 Å². The molecule has 0 bridgehead atoms. The van der Waals surface area contributed by atoms with E-state index in [1.807, 2.05) is 0 Å². The maximum atomic E-state index is 11.5. The summed E-state index contributed by atoms with van der Waals surface area (Å²) in [6.45, 7) is 0. The number of rotatable bonds is 2. The van der Waals surface area contributed by atoms with Crippen LogP contribution in [0.25, 0.3) is 22.2 Å². The van der Waals surface area contributed by atoms with Gasteiger partial charge in [0.15, 0.2) is 0 Å². The number of phenols is 1. The van der Waals surface area contributed by atoms with Crippen molar-refractivity contribution in [3.63, 3.8) is 0 Å². The fourth-order valence-electron chi connectivity index (χ4n) is 2.23. The number of aromatic carboxylic acids is 1. The monoisotopic (exact) mass is 343 g/mol. The highest BCUT2D eigenvalue weighted by atomic mass is 79.9. The molecule has 0 aliphatic heterocycles. The van der Waals surface area contributed by atoms with Crippen LogP contribution in [0.3, 0.4) is 0 Å². The molecule has 3 rings (SSSR count). The predicted octanol–water partition coefficient (Wildman–Crippen LogP) is 4.07. The molecule has 4 nitrogen and oxygen atoms in total. The topological polar surface area (TPSA) is 70.4 Å². The highest BCUT2D eigenvalue weighted by molar-refractivity contribution is 9.10. The van der Waals surface area contributed by atoms with Crippen molar-refractivity contribution in [2.24, 2.45) is 0 Å². The first-order chi connectivity index (χ1) is 10.1. The van der Waals surface area contributed by atoms with Crippen molar-refractivity contribution in [1.82, 2.24) is 4.98 Å². The Kier molecular flexibility index (Phi) is 3.35. The summed E-state index contributed by atoms with van der Waals surface area (Å²) in [6.07, 6.45) is 0. The van der Waals surface area contributed by atoms with Gasteiger partial charge in [0, 0.05) is 15.4 Å². The van der Waals surface area contributed by atoms with Gasteiger partial charge in [-0.2, -0.15) is 0 Å². The van der Waals surface area contributed by atoms with Gasteiger partial charge in [-0.25, -0.2) is 9.78 Å². The molecule has 0 radical (unpaired) electrons. The molecule has 1 aromatic heterocycles. The van der Waals surface area contributed by atoms with Crippen molar-refractivity contribution < 1.29 is 15.0 Å². The summed E-state index contributed by atoms with van der Waals surface area (Å²) < 4.78 is 0.687. The summed E-state index contributed by atoms with van der Waals surface area (Å²) in [7, 11) is 0. The Labute approximate surface area is 128 Å². The minimum absolute atomic E-state index is 0.112. The van der Waals surface area contributed by atoms with E-state index in [0.717, 1.165) is 0 Å². The molecule has 104 valence electrons. The Morgan fingerprint density at radius 1 is 1.10 bits per heavy atom. The van der Waals surface area contributed by atoms with Gasteiger partial charge in [0.2, 0.25) is 0 Å². The van der Waals surface area contributed by atoms with Crippen LogP contribution in [0.2, 0.25) is 0 Å². The summed E-state index contributed by atoms with van der Waals surface area (Å²) in [5.74, 6) is -0.906. The van der Waals surface area contributed by atoms with Crippen LogP contribution >= 0.6 is 15.9 Å². The quantitative estimate of drug-likeness (QED) is 0.735. The second-order valence-electron chi connectivity index (χ2n) is 4.54. The summed E-state index contributed by atoms with van der Waals surface area (Å²) in [5.41, 5.74) is 1.93. The third-order valence-electron chi connectivity index (χ3n) is 3.16. The fraction of sp³-hybridized carbons (Fsp3) is 0. The van der Waals surface area contributed by atoms with Gasteiger partial charge in [-0.05, 0) is 30.3 Å². The number of hydrogen-bond donors (Lipinski definition) is 2. The molecule has 0 saturated heterocycles. The molecule has 3 aromatic rings. The number of benzene rings is 2. The second kappa shape index (κ2) is 5.18. The number of phenolic OH excluding ortho intramolecular Hbond substituents is 1. The highest BCUT2D eigenvalue weighted by Crippen LogP contribution is 2.30. The summed E-state index contributed by atoms with van der Waals surface area (Å²) in [5, 5.41) is 19.6. The summed E-state index contributed by atoms with van der Waals surface area (Å²) in [6, 6.07) is 13.4. The smallest absolute Gasteiger partial charge is 0.336 e. The number of carboxylic acid groups (broad SMARTS) is 1. The first-order valence-corrected chi connectivity index (χ1v) is 6.97. The van der Waals surface area contributed by atoms with E-state index in [4.69, 9.17) is 0 Å². The zero-order valence-corrected chi connectivity index (χ0v) is 12.3. The Balaban J connectivity index is 2.34. The lowest BCUT2D eigenvalue weighted by Gasteiger charge is -2.08. The van der Waals surface area contributed by atoms with E-state index in [-0.39, 0.29) is 11.3 Å². The molecule has 0 aliphatic carbocycles. The van der Waals surface area contributed by atoms with E-state index in [0.29, 0.717) is 26.6 Å². The number of fused-ring (bicyclic) bond motifs is 1. The summed E-state index contributed by atoms with van der Waals surface area (Å²) >= 11 is 3.37. The Morgan fingerprint density at radius 2 is 1.86 bits per heavy atom. The van der Waals surface area contributed by atoms with E-state index in [9.17, 15) is 15.0 Å². The largest absolute Gasteiger partial charge is 0.508 e. The number of hydrogen-bond acceptors (Lipinski definition) is 3. The average molecular weight is 344 g/mol. The molecular formula is C16H10BrNO3. The summed E-state index contributed by atoms with van der Waals surface area (Å²) in [4.78, 5) is 16.0. The molecule has 0 spiro atoms. The number of aromatic nitrogens is 1. The van der Waals surface area contributed by atoms with Crippen LogP contribution in [0.1, 0.15) is 10.4 Å². The molecule has 0 amide bonds. The number of carbonyl (C=O) groups is 1. The number of aromatic hydroxyl groups is 1. The molecule has 0 atom stereocenters. The van der Waals surface area contributed by atoms with Crippen molar-refractivity contribution in [2.45, 2.75) is 0 Å². The number of pyridine rings is 1. The predicted molar refractivity (Wildman–Crippen MR) is 83.5 cm³/mol. The van der Waals surface area contributed by atoms with Crippen molar-refractivity contribution in [1.29, 1.82) is 0 Å². The minimum atomic E-state index is -1.02. The van der Waals surface area contributed by atoms with Gasteiger partial charge in [0.25, 0.3) is 0 Å². The fourth-order valence-corrected chi connectivity index (χ4v) is 2.79. The van der Waals surface area contributed by atoms with Crippen molar-refractivity contribution in [3.8, 4) is 17.0 Å². The van der Waals surface area contributed by atoms with Gasteiger partial charge in [-0.3, -0.25) is 0 Å². The molecule has 2 aromatic carbocycles. The zero-order chi connectivity index (χ0) is 15.0. The lowest BCUT2D eigenvalue weighted by molar-refractivity contribution is 0.0699. The Bertz CT molecular complexity index is 861. The lowest BCUT2D eigenvalue weighted by Crippen LogP contribution is -2.00. The van der Waals surface area contributed by atoms with E-state index >= 15 is 0 Å². The molecule has 0 aliphatic rings. The first-order valence-electron chi connectivity index (χ1n) is 6.18. The molecule has 21 heavy (non-hydrogen) atoms. The molecule has 5 heteroatoms. The molecule has 0 unspecified atom stereocenters. The van der Waals surface area contributed by atoms with E-state index < -0.39 is 5.97 Å². The molecule has 0 fully saturated rings. The number of nitrogens with zero attached hydrogens (tertiary/aromatic N) is 1. The van der Waals surface area contributed by atoms with E-state index in [1.54, 1.807) is 42.5 Å². The van der Waals surface area contributed by atoms with Crippen LogP contribution in [0.4, 0.5) is 0 Å². The standard InChI is InChI=1S/C16H10BrNO3/c17-12-5-2-6-13-15(12)11(16(20)21)8-14(18-13)9-3-1-4-10(19)7-9/h1-8,19H,(H,20,21). The van der Waals surface area contributed by atoms with Crippen LogP contribution in [0, 0.1) is 0 Å². The van der Waals surface area contributed by atoms with Crippen molar-refractivity contribution >= 4 is 32.8 Å². The molecule has 1 heterocycles. The zero-order valence-electron chi connectivity index (χ0n) is 10.7. The Morgan fingerprint density at radius 3 is 2.57 bits per heavy atom. The normalized spacial score (nSPS) is 10.7. The number of carboxylic acids is 1. The maximum Gasteiger partial charge on any atom is 0.336 e. The number of halogens is 1. The lowest BCUT2D eigenvalue weighted by atomic mass is 10.0. The van der Waals surface area contributed by atoms with E-state index in [1.165, 1.54) is 6.07 Å².